The molecule has 4 rings (SSSR count). The van der Waals surface area contributed by atoms with Gasteiger partial charge in [-0.2, -0.15) is 5.10 Å². The Morgan fingerprint density at radius 1 is 1.19 bits per heavy atom. The summed E-state index contributed by atoms with van der Waals surface area (Å²) >= 11 is 0. The predicted octanol–water partition coefficient (Wildman–Crippen LogP) is 1.32. The van der Waals surface area contributed by atoms with E-state index in [2.05, 4.69) is 16.2 Å². The summed E-state index contributed by atoms with van der Waals surface area (Å²) < 4.78 is 7.91. The van der Waals surface area contributed by atoms with E-state index < -0.39 is 0 Å². The highest BCUT2D eigenvalue weighted by molar-refractivity contribution is 5.79. The number of aryl methyl sites for hydroxylation is 1. The summed E-state index contributed by atoms with van der Waals surface area (Å²) in [6.07, 6.45) is 4.62. The van der Waals surface area contributed by atoms with E-state index in [0.29, 0.717) is 12.3 Å². The Morgan fingerprint density at radius 2 is 2.04 bits per heavy atom. The zero-order chi connectivity index (χ0) is 17.9. The van der Waals surface area contributed by atoms with Crippen LogP contribution in [0.3, 0.4) is 0 Å². The lowest BCUT2D eigenvalue weighted by Gasteiger charge is -2.22. The number of hydrogen-bond acceptors (Lipinski definition) is 4. The van der Waals surface area contributed by atoms with Crippen LogP contribution in [0.15, 0.2) is 42.7 Å². The lowest BCUT2D eigenvalue weighted by atomic mass is 10.1. The van der Waals surface area contributed by atoms with Gasteiger partial charge >= 0.3 is 0 Å². The number of likely N-dealkylation sites (tertiary alicyclic amines) is 1. The van der Waals surface area contributed by atoms with Crippen LogP contribution in [-0.2, 0) is 29.5 Å². The smallest absolute Gasteiger partial charge is 0.227 e. The van der Waals surface area contributed by atoms with Crippen LogP contribution in [0.5, 0.6) is 0 Å². The molecule has 2 fully saturated rings. The van der Waals surface area contributed by atoms with Crippen LogP contribution in [0.4, 0.5) is 0 Å². The molecule has 2 atom stereocenters. The van der Waals surface area contributed by atoms with Crippen LogP contribution in [0.25, 0.3) is 0 Å². The summed E-state index contributed by atoms with van der Waals surface area (Å²) in [6.45, 7) is 5.02. The van der Waals surface area contributed by atoms with Crippen LogP contribution < -0.4 is 0 Å². The lowest BCUT2D eigenvalue weighted by molar-refractivity contribution is -0.130. The molecular weight excluding hydrogens is 328 g/mol. The molecule has 1 aromatic carbocycles. The van der Waals surface area contributed by atoms with Gasteiger partial charge in [0.15, 0.2) is 0 Å². The Morgan fingerprint density at radius 3 is 2.81 bits per heavy atom. The van der Waals surface area contributed by atoms with Gasteiger partial charge in [0, 0.05) is 57.4 Å². The number of nitrogens with zero attached hydrogens (tertiary/aromatic N) is 4. The van der Waals surface area contributed by atoms with Gasteiger partial charge in [-0.05, 0) is 5.56 Å². The molecule has 0 bridgehead atoms. The molecule has 26 heavy (non-hydrogen) atoms. The molecule has 2 aromatic rings. The summed E-state index contributed by atoms with van der Waals surface area (Å²) in [5.41, 5.74) is 2.30. The molecule has 2 aliphatic heterocycles. The number of amides is 1. The Hall–Kier alpha value is -2.18. The second-order valence-corrected chi connectivity index (χ2v) is 7.39. The van der Waals surface area contributed by atoms with E-state index in [9.17, 15) is 4.79 Å². The maximum absolute atomic E-state index is 12.7. The minimum Gasteiger partial charge on any atom is -0.375 e. The van der Waals surface area contributed by atoms with Gasteiger partial charge in [-0.15, -0.1) is 0 Å². The molecule has 1 amide bonds. The number of rotatable bonds is 4. The first kappa shape index (κ1) is 17.2. The SMILES string of the molecule is Cn1cc(CN2CCO[C@@H]3CN(C(=O)Cc4ccccc4)C[C@@H]3C2)cn1. The molecule has 1 aromatic heterocycles. The third-order valence-electron chi connectivity index (χ3n) is 5.33. The Balaban J connectivity index is 1.36. The second-order valence-electron chi connectivity index (χ2n) is 7.39. The van der Waals surface area contributed by atoms with Crippen LogP contribution in [0.2, 0.25) is 0 Å². The largest absolute Gasteiger partial charge is 0.375 e. The number of aromatic nitrogens is 2. The first-order valence-electron chi connectivity index (χ1n) is 9.30. The van der Waals surface area contributed by atoms with Crippen molar-refractivity contribution in [2.24, 2.45) is 13.0 Å². The zero-order valence-corrected chi connectivity index (χ0v) is 15.3. The molecular formula is C20H26N4O2. The standard InChI is InChI=1S/C20H26N4O2/c1-22-11-17(10-21-22)12-23-7-8-26-19-15-24(14-18(19)13-23)20(25)9-16-5-3-2-4-6-16/h2-6,10-11,18-19H,7-9,12-15H2,1H3/t18-,19+/m0/s1. The summed E-state index contributed by atoms with van der Waals surface area (Å²) in [4.78, 5) is 17.1. The van der Waals surface area contributed by atoms with Crippen LogP contribution in [0, 0.1) is 5.92 Å². The molecule has 6 nitrogen and oxygen atoms in total. The molecule has 138 valence electrons. The zero-order valence-electron chi connectivity index (χ0n) is 15.3. The minimum atomic E-state index is 0.161. The van der Waals surface area contributed by atoms with E-state index in [1.807, 2.05) is 53.2 Å². The van der Waals surface area contributed by atoms with Gasteiger partial charge < -0.3 is 9.64 Å². The van der Waals surface area contributed by atoms with Gasteiger partial charge in [-0.3, -0.25) is 14.4 Å². The van der Waals surface area contributed by atoms with Crippen molar-refractivity contribution in [2.45, 2.75) is 19.1 Å². The molecule has 6 heteroatoms. The van der Waals surface area contributed by atoms with E-state index in [4.69, 9.17) is 4.74 Å². The molecule has 2 saturated heterocycles. The van der Waals surface area contributed by atoms with Crippen molar-refractivity contribution >= 4 is 5.91 Å². The van der Waals surface area contributed by atoms with E-state index in [1.54, 1.807) is 0 Å². The topological polar surface area (TPSA) is 50.6 Å². The first-order chi connectivity index (χ1) is 12.7. The van der Waals surface area contributed by atoms with E-state index >= 15 is 0 Å². The summed E-state index contributed by atoms with van der Waals surface area (Å²) in [6, 6.07) is 9.97. The predicted molar refractivity (Wildman–Crippen MR) is 98.4 cm³/mol. The van der Waals surface area contributed by atoms with Gasteiger partial charge in [0.2, 0.25) is 5.91 Å². The maximum atomic E-state index is 12.7. The van der Waals surface area contributed by atoms with Crippen molar-refractivity contribution in [3.05, 3.63) is 53.9 Å². The van der Waals surface area contributed by atoms with Gasteiger partial charge in [0.25, 0.3) is 0 Å². The van der Waals surface area contributed by atoms with Crippen molar-refractivity contribution < 1.29 is 9.53 Å². The fraction of sp³-hybridized carbons (Fsp3) is 0.500. The quantitative estimate of drug-likeness (QED) is 0.831. The third kappa shape index (κ3) is 3.97. The van der Waals surface area contributed by atoms with Crippen LogP contribution in [-0.4, -0.2) is 64.4 Å². The number of fused-ring (bicyclic) bond motifs is 1. The Labute approximate surface area is 154 Å². The maximum Gasteiger partial charge on any atom is 0.227 e. The summed E-state index contributed by atoms with van der Waals surface area (Å²) in [5.74, 6) is 0.584. The highest BCUT2D eigenvalue weighted by Gasteiger charge is 2.38. The van der Waals surface area contributed by atoms with E-state index in [0.717, 1.165) is 44.9 Å². The number of ether oxygens (including phenoxy) is 1. The second kappa shape index (κ2) is 7.60. The normalized spacial score (nSPS) is 23.7. The molecule has 0 aliphatic carbocycles. The highest BCUT2D eigenvalue weighted by atomic mass is 16.5. The fourth-order valence-electron chi connectivity index (χ4n) is 4.00. The minimum absolute atomic E-state index is 0.161. The van der Waals surface area contributed by atoms with Gasteiger partial charge in [-0.25, -0.2) is 0 Å². The van der Waals surface area contributed by atoms with Crippen molar-refractivity contribution in [2.75, 3.05) is 32.8 Å². The van der Waals surface area contributed by atoms with Crippen LogP contribution >= 0.6 is 0 Å². The molecule has 0 N–H and O–H groups in total. The molecule has 0 spiro atoms. The number of carbonyl (C=O) groups is 1. The van der Waals surface area contributed by atoms with E-state index in [1.165, 1.54) is 5.56 Å². The highest BCUT2D eigenvalue weighted by Crippen LogP contribution is 2.25. The van der Waals surface area contributed by atoms with Gasteiger partial charge in [-0.1, -0.05) is 30.3 Å². The average Bonchev–Trinajstić information content (AvgIpc) is 3.17. The van der Waals surface area contributed by atoms with Gasteiger partial charge in [0.05, 0.1) is 25.3 Å². The average molecular weight is 354 g/mol. The first-order valence-corrected chi connectivity index (χ1v) is 9.30. The molecule has 0 radical (unpaired) electrons. The van der Waals surface area contributed by atoms with Crippen molar-refractivity contribution in [1.29, 1.82) is 0 Å². The molecule has 0 saturated carbocycles. The van der Waals surface area contributed by atoms with Crippen molar-refractivity contribution in [1.82, 2.24) is 19.6 Å². The Bertz CT molecular complexity index is 745. The number of carbonyl (C=O) groups excluding carboxylic acids is 1. The number of hydrogen-bond donors (Lipinski definition) is 0. The number of benzene rings is 1. The lowest BCUT2D eigenvalue weighted by Crippen LogP contribution is -2.34. The fourth-order valence-corrected chi connectivity index (χ4v) is 4.00. The summed E-state index contributed by atoms with van der Waals surface area (Å²) in [5, 5.41) is 4.25. The molecule has 3 heterocycles. The summed E-state index contributed by atoms with van der Waals surface area (Å²) in [7, 11) is 1.94. The molecule has 2 aliphatic rings. The van der Waals surface area contributed by atoms with E-state index in [-0.39, 0.29) is 12.0 Å². The van der Waals surface area contributed by atoms with Crippen molar-refractivity contribution in [3.63, 3.8) is 0 Å². The van der Waals surface area contributed by atoms with Gasteiger partial charge in [0.1, 0.15) is 0 Å². The third-order valence-corrected chi connectivity index (χ3v) is 5.33. The monoisotopic (exact) mass is 354 g/mol. The molecule has 0 unspecified atom stereocenters. The van der Waals surface area contributed by atoms with Crippen LogP contribution in [0.1, 0.15) is 11.1 Å². The Kier molecular flexibility index (Phi) is 5.04. The van der Waals surface area contributed by atoms with Crippen molar-refractivity contribution in [3.8, 4) is 0 Å².